The lowest BCUT2D eigenvalue weighted by Gasteiger charge is -2.20. The molecule has 1 N–H and O–H groups in total. The van der Waals surface area contributed by atoms with E-state index in [4.69, 9.17) is 16.3 Å². The zero-order chi connectivity index (χ0) is 21.0. The Bertz CT molecular complexity index is 1090. The normalized spacial score (nSPS) is 13.2. The van der Waals surface area contributed by atoms with Crippen LogP contribution in [-0.2, 0) is 9.53 Å². The number of carbonyl (C=O) groups is 1. The molecule has 1 aromatic heterocycles. The molecule has 0 fully saturated rings. The topological polar surface area (TPSA) is 73.2 Å². The Morgan fingerprint density at radius 3 is 2.72 bits per heavy atom. The first-order valence-electron chi connectivity index (χ1n) is 9.14. The predicted molar refractivity (Wildman–Crippen MR) is 118 cm³/mol. The van der Waals surface area contributed by atoms with E-state index in [1.54, 1.807) is 55.0 Å². The number of amides is 1. The van der Waals surface area contributed by atoms with Crippen LogP contribution in [0.4, 0.5) is 5.69 Å². The molecule has 1 amide bonds. The molecule has 0 bridgehead atoms. The van der Waals surface area contributed by atoms with Crippen molar-refractivity contribution in [3.8, 4) is 0 Å². The second-order valence-corrected chi connectivity index (χ2v) is 8.40. The van der Waals surface area contributed by atoms with Crippen molar-refractivity contribution in [2.45, 2.75) is 30.3 Å². The van der Waals surface area contributed by atoms with Crippen LogP contribution in [-0.4, -0.2) is 34.4 Å². The SMILES string of the molecule is COC[C@@H](C)n1c(S[C@H](C)C(=O)Nc2cccc(Cl)c2)nc2ccccc2c1=O. The number of thioether (sulfide) groups is 1. The number of nitrogens with one attached hydrogen (secondary N) is 1. The maximum atomic E-state index is 13.1. The summed E-state index contributed by atoms with van der Waals surface area (Å²) in [6, 6.07) is 13.9. The molecule has 0 aliphatic carbocycles. The predicted octanol–water partition coefficient (Wildman–Crippen LogP) is 4.38. The summed E-state index contributed by atoms with van der Waals surface area (Å²) < 4.78 is 6.83. The second-order valence-electron chi connectivity index (χ2n) is 6.65. The van der Waals surface area contributed by atoms with Crippen LogP contribution in [0.1, 0.15) is 19.9 Å². The Balaban J connectivity index is 1.92. The molecule has 0 spiro atoms. The number of halogens is 1. The van der Waals surface area contributed by atoms with Crippen LogP contribution < -0.4 is 10.9 Å². The number of hydrogen-bond donors (Lipinski definition) is 1. The summed E-state index contributed by atoms with van der Waals surface area (Å²) in [6.45, 7) is 4.02. The fraction of sp³-hybridized carbons (Fsp3) is 0.286. The highest BCUT2D eigenvalue weighted by atomic mass is 35.5. The molecule has 6 nitrogen and oxygen atoms in total. The molecule has 152 valence electrons. The lowest BCUT2D eigenvalue weighted by molar-refractivity contribution is -0.115. The molecule has 1 heterocycles. The van der Waals surface area contributed by atoms with Crippen LogP contribution in [0.3, 0.4) is 0 Å². The first-order valence-corrected chi connectivity index (χ1v) is 10.4. The van der Waals surface area contributed by atoms with Gasteiger partial charge in [0.25, 0.3) is 5.56 Å². The highest BCUT2D eigenvalue weighted by Crippen LogP contribution is 2.26. The highest BCUT2D eigenvalue weighted by molar-refractivity contribution is 8.00. The average molecular weight is 432 g/mol. The number of methoxy groups -OCH3 is 1. The van der Waals surface area contributed by atoms with Gasteiger partial charge >= 0.3 is 0 Å². The second kappa shape index (κ2) is 9.43. The third-order valence-electron chi connectivity index (χ3n) is 4.37. The van der Waals surface area contributed by atoms with Gasteiger partial charge in [-0.3, -0.25) is 14.2 Å². The van der Waals surface area contributed by atoms with E-state index in [-0.39, 0.29) is 17.5 Å². The van der Waals surface area contributed by atoms with E-state index in [0.29, 0.717) is 33.4 Å². The molecule has 3 rings (SSSR count). The van der Waals surface area contributed by atoms with Crippen molar-refractivity contribution in [1.29, 1.82) is 0 Å². The number of rotatable bonds is 7. The van der Waals surface area contributed by atoms with Crippen LogP contribution in [0.5, 0.6) is 0 Å². The fourth-order valence-corrected chi connectivity index (χ4v) is 4.13. The molecular weight excluding hydrogens is 410 g/mol. The Kier molecular flexibility index (Phi) is 6.95. The van der Waals surface area contributed by atoms with Crippen LogP contribution in [0.15, 0.2) is 58.5 Å². The molecule has 0 saturated heterocycles. The fourth-order valence-electron chi connectivity index (χ4n) is 2.93. The molecular formula is C21H22ClN3O3S. The molecule has 29 heavy (non-hydrogen) atoms. The van der Waals surface area contributed by atoms with E-state index in [2.05, 4.69) is 10.3 Å². The number of ether oxygens (including phenoxy) is 1. The minimum atomic E-state index is -0.483. The summed E-state index contributed by atoms with van der Waals surface area (Å²) in [7, 11) is 1.59. The summed E-state index contributed by atoms with van der Waals surface area (Å²) in [4.78, 5) is 30.4. The quantitative estimate of drug-likeness (QED) is 0.444. The monoisotopic (exact) mass is 431 g/mol. The Morgan fingerprint density at radius 1 is 1.24 bits per heavy atom. The first-order chi connectivity index (χ1) is 13.9. The average Bonchev–Trinajstić information content (AvgIpc) is 2.68. The van der Waals surface area contributed by atoms with Crippen LogP contribution >= 0.6 is 23.4 Å². The summed E-state index contributed by atoms with van der Waals surface area (Å²) in [6.07, 6.45) is 0. The standard InChI is InChI=1S/C21H22ClN3O3S/c1-13(12-28-3)25-20(27)17-9-4-5-10-18(17)24-21(25)29-14(2)19(26)23-16-8-6-7-15(22)11-16/h4-11,13-14H,12H2,1-3H3,(H,23,26)/t13-,14-/m1/s1. The molecule has 8 heteroatoms. The number of nitrogens with zero attached hydrogens (tertiary/aromatic N) is 2. The van der Waals surface area contributed by atoms with Gasteiger partial charge in [-0.15, -0.1) is 0 Å². The van der Waals surface area contributed by atoms with E-state index in [1.165, 1.54) is 11.8 Å². The van der Waals surface area contributed by atoms with Gasteiger partial charge in [0.05, 0.1) is 28.8 Å². The Labute approximate surface area is 178 Å². The van der Waals surface area contributed by atoms with Crippen molar-refractivity contribution in [1.82, 2.24) is 9.55 Å². The number of hydrogen-bond acceptors (Lipinski definition) is 5. The van der Waals surface area contributed by atoms with E-state index in [1.807, 2.05) is 19.1 Å². The molecule has 3 aromatic rings. The smallest absolute Gasteiger partial charge is 0.262 e. The summed E-state index contributed by atoms with van der Waals surface area (Å²) in [5, 5.41) is 3.92. The van der Waals surface area contributed by atoms with E-state index in [9.17, 15) is 9.59 Å². The molecule has 0 saturated carbocycles. The number of para-hydroxylation sites is 1. The van der Waals surface area contributed by atoms with E-state index < -0.39 is 5.25 Å². The van der Waals surface area contributed by atoms with Gasteiger partial charge in [-0.05, 0) is 44.2 Å². The van der Waals surface area contributed by atoms with Gasteiger partial charge in [-0.2, -0.15) is 0 Å². The van der Waals surface area contributed by atoms with Crippen molar-refractivity contribution in [2.75, 3.05) is 19.0 Å². The van der Waals surface area contributed by atoms with Gasteiger partial charge in [0.1, 0.15) is 0 Å². The Morgan fingerprint density at radius 2 is 2.00 bits per heavy atom. The minimum Gasteiger partial charge on any atom is -0.383 e. The molecule has 0 aliphatic heterocycles. The van der Waals surface area contributed by atoms with Gasteiger partial charge in [-0.1, -0.05) is 41.6 Å². The van der Waals surface area contributed by atoms with Crippen molar-refractivity contribution in [3.05, 3.63) is 63.9 Å². The minimum absolute atomic E-state index is 0.148. The van der Waals surface area contributed by atoms with Gasteiger partial charge < -0.3 is 10.1 Å². The van der Waals surface area contributed by atoms with Gasteiger partial charge in [0, 0.05) is 17.8 Å². The first kappa shape index (κ1) is 21.4. The Hall–Kier alpha value is -2.35. The molecule has 2 atom stereocenters. The zero-order valence-corrected chi connectivity index (χ0v) is 18.0. The van der Waals surface area contributed by atoms with Crippen LogP contribution in [0.2, 0.25) is 5.02 Å². The number of anilines is 1. The van der Waals surface area contributed by atoms with Crippen molar-refractivity contribution in [3.63, 3.8) is 0 Å². The van der Waals surface area contributed by atoms with Gasteiger partial charge in [-0.25, -0.2) is 4.98 Å². The number of fused-ring (bicyclic) bond motifs is 1. The highest BCUT2D eigenvalue weighted by Gasteiger charge is 2.22. The summed E-state index contributed by atoms with van der Waals surface area (Å²) >= 11 is 7.22. The van der Waals surface area contributed by atoms with Crippen molar-refractivity contribution < 1.29 is 9.53 Å². The van der Waals surface area contributed by atoms with Crippen molar-refractivity contribution in [2.24, 2.45) is 0 Å². The summed E-state index contributed by atoms with van der Waals surface area (Å²) in [5.74, 6) is -0.203. The number of carbonyl (C=O) groups excluding carboxylic acids is 1. The third kappa shape index (κ3) is 4.98. The van der Waals surface area contributed by atoms with Crippen molar-refractivity contribution >= 4 is 45.9 Å². The lowest BCUT2D eigenvalue weighted by Crippen LogP contribution is -2.30. The summed E-state index contributed by atoms with van der Waals surface area (Å²) in [5.41, 5.74) is 1.07. The van der Waals surface area contributed by atoms with E-state index >= 15 is 0 Å². The van der Waals surface area contributed by atoms with Gasteiger partial charge in [0.15, 0.2) is 5.16 Å². The lowest BCUT2D eigenvalue weighted by atomic mass is 10.2. The number of benzene rings is 2. The maximum absolute atomic E-state index is 13.1. The molecule has 0 radical (unpaired) electrons. The zero-order valence-electron chi connectivity index (χ0n) is 16.4. The molecule has 0 unspecified atom stereocenters. The van der Waals surface area contributed by atoms with Gasteiger partial charge in [0.2, 0.25) is 5.91 Å². The van der Waals surface area contributed by atoms with E-state index in [0.717, 1.165) is 0 Å². The maximum Gasteiger partial charge on any atom is 0.262 e. The van der Waals surface area contributed by atoms with Crippen LogP contribution in [0, 0.1) is 0 Å². The third-order valence-corrected chi connectivity index (χ3v) is 5.67. The molecule has 2 aromatic carbocycles. The number of aromatic nitrogens is 2. The van der Waals surface area contributed by atoms with Crippen LogP contribution in [0.25, 0.3) is 10.9 Å². The largest absolute Gasteiger partial charge is 0.383 e. The molecule has 0 aliphatic rings.